The number of hydrogen-bond acceptors (Lipinski definition) is 3. The van der Waals surface area contributed by atoms with E-state index in [0.29, 0.717) is 11.5 Å². The van der Waals surface area contributed by atoms with Crippen LogP contribution in [0, 0.1) is 11.3 Å². The molecule has 0 heterocycles. The third-order valence-corrected chi connectivity index (χ3v) is 5.26. The molecule has 2 fully saturated rings. The second-order valence-corrected chi connectivity index (χ2v) is 8.17. The molecule has 0 aromatic heterocycles. The van der Waals surface area contributed by atoms with Gasteiger partial charge in [0.25, 0.3) is 0 Å². The average molecular weight is 296 g/mol. The Balaban J connectivity index is 1.78. The lowest BCUT2D eigenvalue weighted by Crippen LogP contribution is -2.47. The smallest absolute Gasteiger partial charge is 0.410 e. The van der Waals surface area contributed by atoms with Crippen molar-refractivity contribution in [2.45, 2.75) is 77.4 Å². The second kappa shape index (κ2) is 6.15. The number of amides is 1. The van der Waals surface area contributed by atoms with Crippen LogP contribution in [0.1, 0.15) is 65.7 Å². The van der Waals surface area contributed by atoms with Gasteiger partial charge in [-0.15, -0.1) is 0 Å². The van der Waals surface area contributed by atoms with Gasteiger partial charge in [-0.05, 0) is 83.6 Å². The van der Waals surface area contributed by atoms with Gasteiger partial charge >= 0.3 is 6.09 Å². The molecule has 2 aliphatic rings. The van der Waals surface area contributed by atoms with Crippen molar-refractivity contribution < 1.29 is 9.53 Å². The topological polar surface area (TPSA) is 55.6 Å². The Labute approximate surface area is 129 Å². The molecule has 2 aliphatic carbocycles. The maximum absolute atomic E-state index is 12.1. The van der Waals surface area contributed by atoms with E-state index >= 15 is 0 Å². The Morgan fingerprint density at radius 2 is 1.86 bits per heavy atom. The molecule has 0 bridgehead atoms. The highest BCUT2D eigenvalue weighted by atomic mass is 16.6. The van der Waals surface area contributed by atoms with E-state index in [1.54, 1.807) is 0 Å². The predicted molar refractivity (Wildman–Crippen MR) is 85.1 cm³/mol. The van der Waals surface area contributed by atoms with Gasteiger partial charge in [0.1, 0.15) is 5.60 Å². The Morgan fingerprint density at radius 1 is 1.29 bits per heavy atom. The zero-order chi connectivity index (χ0) is 15.7. The number of rotatable bonds is 3. The van der Waals surface area contributed by atoms with E-state index in [-0.39, 0.29) is 6.09 Å². The summed E-state index contributed by atoms with van der Waals surface area (Å²) in [5, 5.41) is 0. The normalized spacial score (nSPS) is 32.6. The van der Waals surface area contributed by atoms with Gasteiger partial charge < -0.3 is 15.4 Å². The number of carbonyl (C=O) groups is 1. The summed E-state index contributed by atoms with van der Waals surface area (Å²) in [6.07, 6.45) is 8.45. The van der Waals surface area contributed by atoms with Crippen LogP contribution < -0.4 is 5.73 Å². The Bertz CT molecular complexity index is 359. The first-order valence-electron chi connectivity index (χ1n) is 8.41. The predicted octanol–water partition coefficient (Wildman–Crippen LogP) is 3.54. The fourth-order valence-corrected chi connectivity index (χ4v) is 4.10. The van der Waals surface area contributed by atoms with Gasteiger partial charge in [0.15, 0.2) is 0 Å². The summed E-state index contributed by atoms with van der Waals surface area (Å²) < 4.78 is 5.47. The van der Waals surface area contributed by atoms with Crippen LogP contribution in [0.5, 0.6) is 0 Å². The van der Waals surface area contributed by atoms with Gasteiger partial charge in [-0.3, -0.25) is 0 Å². The number of nitrogens with zero attached hydrogens (tertiary/aromatic N) is 1. The van der Waals surface area contributed by atoms with Crippen molar-refractivity contribution in [1.29, 1.82) is 0 Å². The Hall–Kier alpha value is -0.770. The molecule has 122 valence electrons. The number of hydrogen-bond donors (Lipinski definition) is 1. The van der Waals surface area contributed by atoms with Crippen LogP contribution in [0.3, 0.4) is 0 Å². The van der Waals surface area contributed by atoms with Crippen LogP contribution in [0.4, 0.5) is 4.79 Å². The van der Waals surface area contributed by atoms with Crippen molar-refractivity contribution in [2.75, 3.05) is 13.6 Å². The summed E-state index contributed by atoms with van der Waals surface area (Å²) in [5.74, 6) is 0.857. The summed E-state index contributed by atoms with van der Waals surface area (Å²) in [6.45, 7) is 6.58. The minimum absolute atomic E-state index is 0.182. The first kappa shape index (κ1) is 16.6. The van der Waals surface area contributed by atoms with Crippen LogP contribution in [0.15, 0.2) is 0 Å². The largest absolute Gasteiger partial charge is 0.444 e. The molecule has 0 aromatic carbocycles. The monoisotopic (exact) mass is 296 g/mol. The van der Waals surface area contributed by atoms with Gasteiger partial charge in [-0.2, -0.15) is 0 Å². The van der Waals surface area contributed by atoms with E-state index in [2.05, 4.69) is 0 Å². The fraction of sp³-hybridized carbons (Fsp3) is 0.941. The van der Waals surface area contributed by atoms with Crippen LogP contribution in [0.2, 0.25) is 0 Å². The molecule has 0 aliphatic heterocycles. The molecule has 21 heavy (non-hydrogen) atoms. The Morgan fingerprint density at radius 3 is 2.33 bits per heavy atom. The third kappa shape index (κ3) is 4.12. The molecule has 2 saturated carbocycles. The first-order valence-corrected chi connectivity index (χ1v) is 8.41. The van der Waals surface area contributed by atoms with Crippen molar-refractivity contribution in [3.8, 4) is 0 Å². The quantitative estimate of drug-likeness (QED) is 0.866. The minimum Gasteiger partial charge on any atom is -0.444 e. The van der Waals surface area contributed by atoms with Gasteiger partial charge in [0.05, 0.1) is 0 Å². The summed E-state index contributed by atoms with van der Waals surface area (Å²) in [4.78, 5) is 13.9. The van der Waals surface area contributed by atoms with Gasteiger partial charge in [-0.1, -0.05) is 0 Å². The first-order chi connectivity index (χ1) is 9.75. The molecular weight excluding hydrogens is 264 g/mol. The molecule has 4 heteroatoms. The zero-order valence-electron chi connectivity index (χ0n) is 14.2. The van der Waals surface area contributed by atoms with Crippen molar-refractivity contribution in [3.63, 3.8) is 0 Å². The van der Waals surface area contributed by atoms with Crippen LogP contribution in [-0.4, -0.2) is 36.2 Å². The van der Waals surface area contributed by atoms with E-state index in [4.69, 9.17) is 10.5 Å². The van der Waals surface area contributed by atoms with E-state index in [0.717, 1.165) is 25.3 Å². The molecular formula is C17H32N2O2. The molecule has 1 spiro atoms. The highest BCUT2D eigenvalue weighted by molar-refractivity contribution is 5.68. The minimum atomic E-state index is -0.412. The summed E-state index contributed by atoms with van der Waals surface area (Å²) in [6, 6.07) is 0.346. The van der Waals surface area contributed by atoms with Crippen LogP contribution in [0.25, 0.3) is 0 Å². The van der Waals surface area contributed by atoms with Crippen molar-refractivity contribution in [1.82, 2.24) is 4.90 Å². The van der Waals surface area contributed by atoms with Crippen LogP contribution in [-0.2, 0) is 4.74 Å². The molecule has 0 unspecified atom stereocenters. The lowest BCUT2D eigenvalue weighted by atomic mass is 9.54. The lowest BCUT2D eigenvalue weighted by molar-refractivity contribution is -0.0208. The van der Waals surface area contributed by atoms with Crippen molar-refractivity contribution in [3.05, 3.63) is 0 Å². The number of carbonyl (C=O) groups excluding carboxylic acids is 1. The maximum Gasteiger partial charge on any atom is 0.410 e. The molecule has 0 saturated heterocycles. The average Bonchev–Trinajstić information content (AvgIpc) is 2.35. The third-order valence-electron chi connectivity index (χ3n) is 5.26. The summed E-state index contributed by atoms with van der Waals surface area (Å²) in [5.41, 5.74) is 5.81. The highest BCUT2D eigenvalue weighted by Crippen LogP contribution is 2.56. The fourth-order valence-electron chi connectivity index (χ4n) is 4.10. The standard InChI is InChI=1S/C17H32N2O2/c1-16(2,3)21-15(20)19(4)14-5-8-17(9-6-14)11-13(12-17)7-10-18/h13-14H,5-12,18H2,1-4H3. The zero-order valence-corrected chi connectivity index (χ0v) is 14.2. The Kier molecular flexibility index (Phi) is 4.86. The van der Waals surface area contributed by atoms with Gasteiger partial charge in [0.2, 0.25) is 0 Å². The summed E-state index contributed by atoms with van der Waals surface area (Å²) >= 11 is 0. The lowest BCUT2D eigenvalue weighted by Gasteiger charge is -2.52. The van der Waals surface area contributed by atoms with Gasteiger partial charge in [0, 0.05) is 13.1 Å². The molecule has 0 radical (unpaired) electrons. The van der Waals surface area contributed by atoms with E-state index in [1.165, 1.54) is 32.1 Å². The molecule has 2 rings (SSSR count). The van der Waals surface area contributed by atoms with E-state index in [9.17, 15) is 4.79 Å². The number of nitrogens with two attached hydrogens (primary N) is 1. The second-order valence-electron chi connectivity index (χ2n) is 8.17. The van der Waals surface area contributed by atoms with Crippen molar-refractivity contribution >= 4 is 6.09 Å². The van der Waals surface area contributed by atoms with E-state index < -0.39 is 5.60 Å². The highest BCUT2D eigenvalue weighted by Gasteiger charge is 2.46. The SMILES string of the molecule is CN(C(=O)OC(C)(C)C)C1CCC2(CC1)CC(CCN)C2. The molecule has 0 atom stereocenters. The molecule has 0 aromatic rings. The van der Waals surface area contributed by atoms with E-state index in [1.807, 2.05) is 32.7 Å². The molecule has 4 nitrogen and oxygen atoms in total. The van der Waals surface area contributed by atoms with Crippen LogP contribution >= 0.6 is 0 Å². The van der Waals surface area contributed by atoms with Crippen molar-refractivity contribution in [2.24, 2.45) is 17.1 Å². The van der Waals surface area contributed by atoms with Gasteiger partial charge in [-0.25, -0.2) is 4.79 Å². The molecule has 1 amide bonds. The molecule has 2 N–H and O–H groups in total. The number of ether oxygens (including phenoxy) is 1. The summed E-state index contributed by atoms with van der Waals surface area (Å²) in [7, 11) is 1.88. The maximum atomic E-state index is 12.1.